The first-order valence-electron chi connectivity index (χ1n) is 9.86. The fourth-order valence-electron chi connectivity index (χ4n) is 3.06. The molecule has 5 nitrogen and oxygen atoms in total. The van der Waals surface area contributed by atoms with Crippen LogP contribution in [0.1, 0.15) is 22.7 Å². The highest BCUT2D eigenvalue weighted by atomic mass is 32.2. The van der Waals surface area contributed by atoms with Gasteiger partial charge in [0.25, 0.3) is 0 Å². The SMILES string of the molecule is Cc1ccc(Nc2nnc(SCC(=O)NC(c3ccccc3)c3ccccc3)s2)cc1. The molecule has 0 saturated heterocycles. The predicted molar refractivity (Wildman–Crippen MR) is 128 cm³/mol. The topological polar surface area (TPSA) is 66.9 Å². The van der Waals surface area contributed by atoms with Gasteiger partial charge in [-0.3, -0.25) is 4.79 Å². The minimum atomic E-state index is -0.191. The molecular weight excluding hydrogens is 424 g/mol. The quantitative estimate of drug-likeness (QED) is 0.346. The normalized spacial score (nSPS) is 10.8. The lowest BCUT2D eigenvalue weighted by atomic mass is 9.99. The molecule has 0 aliphatic heterocycles. The second-order valence-electron chi connectivity index (χ2n) is 6.97. The minimum Gasteiger partial charge on any atom is -0.344 e. The Hall–Kier alpha value is -3.16. The van der Waals surface area contributed by atoms with Gasteiger partial charge >= 0.3 is 0 Å². The Morgan fingerprint density at radius 3 is 2.13 bits per heavy atom. The van der Waals surface area contributed by atoms with Crippen LogP contribution >= 0.6 is 23.1 Å². The number of hydrogen-bond donors (Lipinski definition) is 2. The second-order valence-corrected chi connectivity index (χ2v) is 9.17. The van der Waals surface area contributed by atoms with Gasteiger partial charge in [-0.05, 0) is 30.2 Å². The fourth-order valence-corrected chi connectivity index (χ4v) is 4.64. The lowest BCUT2D eigenvalue weighted by molar-refractivity contribution is -0.119. The van der Waals surface area contributed by atoms with Gasteiger partial charge in [0.1, 0.15) is 0 Å². The number of thioether (sulfide) groups is 1. The highest BCUT2D eigenvalue weighted by molar-refractivity contribution is 8.01. The monoisotopic (exact) mass is 446 g/mol. The Labute approximate surface area is 189 Å². The standard InChI is InChI=1S/C24H22N4OS2/c1-17-12-14-20(15-13-17)25-23-27-28-24(31-23)30-16-21(29)26-22(18-8-4-2-5-9-18)19-10-6-3-7-11-19/h2-15,22H,16H2,1H3,(H,25,27)(H,26,29). The molecule has 0 bridgehead atoms. The fraction of sp³-hybridized carbons (Fsp3) is 0.125. The number of rotatable bonds is 8. The Morgan fingerprint density at radius 2 is 1.52 bits per heavy atom. The molecule has 0 unspecified atom stereocenters. The average molecular weight is 447 g/mol. The smallest absolute Gasteiger partial charge is 0.231 e. The van der Waals surface area contributed by atoms with Crippen LogP contribution in [0.2, 0.25) is 0 Å². The molecule has 0 saturated carbocycles. The van der Waals surface area contributed by atoms with Gasteiger partial charge in [0.15, 0.2) is 4.34 Å². The van der Waals surface area contributed by atoms with E-state index in [1.165, 1.54) is 28.7 Å². The molecule has 4 rings (SSSR count). The highest BCUT2D eigenvalue weighted by Crippen LogP contribution is 2.28. The van der Waals surface area contributed by atoms with Gasteiger partial charge in [-0.1, -0.05) is 101 Å². The molecule has 0 fully saturated rings. The molecule has 4 aromatic rings. The molecule has 0 aliphatic carbocycles. The number of hydrogen-bond acceptors (Lipinski definition) is 6. The van der Waals surface area contributed by atoms with Crippen LogP contribution in [0.25, 0.3) is 0 Å². The van der Waals surface area contributed by atoms with Crippen LogP contribution in [-0.4, -0.2) is 21.9 Å². The molecule has 1 aromatic heterocycles. The number of nitrogens with one attached hydrogen (secondary N) is 2. The van der Waals surface area contributed by atoms with Crippen LogP contribution < -0.4 is 10.6 Å². The van der Waals surface area contributed by atoms with Gasteiger partial charge in [-0.15, -0.1) is 10.2 Å². The van der Waals surface area contributed by atoms with E-state index in [0.717, 1.165) is 21.2 Å². The maximum atomic E-state index is 12.7. The van der Waals surface area contributed by atoms with Crippen molar-refractivity contribution in [2.45, 2.75) is 17.3 Å². The molecule has 0 spiro atoms. The van der Waals surface area contributed by atoms with E-state index in [1.807, 2.05) is 84.9 Å². The third-order valence-corrected chi connectivity index (χ3v) is 6.58. The van der Waals surface area contributed by atoms with Crippen LogP contribution in [0, 0.1) is 6.92 Å². The lowest BCUT2D eigenvalue weighted by Gasteiger charge is -2.19. The molecule has 156 valence electrons. The largest absolute Gasteiger partial charge is 0.344 e. The molecule has 0 aliphatic rings. The van der Waals surface area contributed by atoms with E-state index in [2.05, 4.69) is 27.8 Å². The van der Waals surface area contributed by atoms with Gasteiger partial charge in [-0.25, -0.2) is 0 Å². The Morgan fingerprint density at radius 1 is 0.903 bits per heavy atom. The second kappa shape index (κ2) is 10.2. The van der Waals surface area contributed by atoms with Crippen molar-refractivity contribution in [2.24, 2.45) is 0 Å². The zero-order chi connectivity index (χ0) is 21.5. The third-order valence-electron chi connectivity index (χ3n) is 4.61. The van der Waals surface area contributed by atoms with Crippen molar-refractivity contribution in [1.82, 2.24) is 15.5 Å². The third kappa shape index (κ3) is 5.93. The van der Waals surface area contributed by atoms with Crippen molar-refractivity contribution in [2.75, 3.05) is 11.1 Å². The predicted octanol–water partition coefficient (Wildman–Crippen LogP) is 5.59. The number of carbonyl (C=O) groups is 1. The van der Waals surface area contributed by atoms with Gasteiger partial charge in [-0.2, -0.15) is 0 Å². The van der Waals surface area contributed by atoms with Crippen molar-refractivity contribution in [3.63, 3.8) is 0 Å². The number of anilines is 2. The van der Waals surface area contributed by atoms with Gasteiger partial charge in [0.2, 0.25) is 11.0 Å². The number of benzene rings is 3. The molecule has 1 amide bonds. The summed E-state index contributed by atoms with van der Waals surface area (Å²) in [5, 5.41) is 15.5. The first-order valence-corrected chi connectivity index (χ1v) is 11.7. The van der Waals surface area contributed by atoms with Gasteiger partial charge in [0, 0.05) is 5.69 Å². The molecule has 2 N–H and O–H groups in total. The van der Waals surface area contributed by atoms with Crippen LogP contribution in [0.5, 0.6) is 0 Å². The molecule has 0 radical (unpaired) electrons. The van der Waals surface area contributed by atoms with E-state index >= 15 is 0 Å². The Kier molecular flexibility index (Phi) is 6.96. The Balaban J connectivity index is 1.37. The summed E-state index contributed by atoms with van der Waals surface area (Å²) in [6.45, 7) is 2.05. The van der Waals surface area contributed by atoms with E-state index in [1.54, 1.807) is 0 Å². The maximum Gasteiger partial charge on any atom is 0.231 e. The van der Waals surface area contributed by atoms with E-state index in [9.17, 15) is 4.79 Å². The van der Waals surface area contributed by atoms with E-state index in [-0.39, 0.29) is 17.7 Å². The summed E-state index contributed by atoms with van der Waals surface area (Å²) in [4.78, 5) is 12.7. The van der Waals surface area contributed by atoms with Crippen molar-refractivity contribution in [1.29, 1.82) is 0 Å². The van der Waals surface area contributed by atoms with Crippen molar-refractivity contribution >= 4 is 39.8 Å². The molecular formula is C24H22N4OS2. The summed E-state index contributed by atoms with van der Waals surface area (Å²) in [6, 6.07) is 27.9. The lowest BCUT2D eigenvalue weighted by Crippen LogP contribution is -2.30. The number of amides is 1. The van der Waals surface area contributed by atoms with Crippen LogP contribution in [0.4, 0.5) is 10.8 Å². The van der Waals surface area contributed by atoms with Gasteiger partial charge in [0.05, 0.1) is 11.8 Å². The number of carbonyl (C=O) groups excluding carboxylic acids is 1. The van der Waals surface area contributed by atoms with Crippen molar-refractivity contribution in [3.05, 3.63) is 102 Å². The number of aryl methyl sites for hydroxylation is 1. The van der Waals surface area contributed by atoms with E-state index < -0.39 is 0 Å². The average Bonchev–Trinajstić information content (AvgIpc) is 3.26. The summed E-state index contributed by atoms with van der Waals surface area (Å²) >= 11 is 2.82. The summed E-state index contributed by atoms with van der Waals surface area (Å²) in [5.74, 6) is 0.223. The number of nitrogens with zero attached hydrogens (tertiary/aromatic N) is 2. The zero-order valence-corrected chi connectivity index (χ0v) is 18.6. The zero-order valence-electron chi connectivity index (χ0n) is 17.0. The maximum absolute atomic E-state index is 12.7. The summed E-state index contributed by atoms with van der Waals surface area (Å²) in [5.41, 5.74) is 4.26. The first kappa shape index (κ1) is 21.1. The van der Waals surface area contributed by atoms with Gasteiger partial charge < -0.3 is 10.6 Å². The molecule has 7 heteroatoms. The van der Waals surface area contributed by atoms with Crippen LogP contribution in [0.3, 0.4) is 0 Å². The summed E-state index contributed by atoms with van der Waals surface area (Å²) < 4.78 is 0.751. The molecule has 1 heterocycles. The summed E-state index contributed by atoms with van der Waals surface area (Å²) in [7, 11) is 0. The molecule has 31 heavy (non-hydrogen) atoms. The minimum absolute atomic E-state index is 0.0500. The van der Waals surface area contributed by atoms with Crippen LogP contribution in [0.15, 0.2) is 89.3 Å². The first-order chi connectivity index (χ1) is 15.2. The molecule has 3 aromatic carbocycles. The van der Waals surface area contributed by atoms with Crippen molar-refractivity contribution in [3.8, 4) is 0 Å². The number of aromatic nitrogens is 2. The van der Waals surface area contributed by atoms with Crippen LogP contribution in [-0.2, 0) is 4.79 Å². The summed E-state index contributed by atoms with van der Waals surface area (Å²) in [6.07, 6.45) is 0. The Bertz CT molecular complexity index is 1080. The molecule has 0 atom stereocenters. The van der Waals surface area contributed by atoms with Crippen molar-refractivity contribution < 1.29 is 4.79 Å². The van der Waals surface area contributed by atoms with E-state index in [4.69, 9.17) is 0 Å². The highest BCUT2D eigenvalue weighted by Gasteiger charge is 2.17. The van der Waals surface area contributed by atoms with E-state index in [0.29, 0.717) is 5.13 Å².